The second-order valence-electron chi connectivity index (χ2n) is 7.30. The zero-order valence-corrected chi connectivity index (χ0v) is 16.6. The first-order valence-corrected chi connectivity index (χ1v) is 8.87. The summed E-state index contributed by atoms with van der Waals surface area (Å²) in [5.41, 5.74) is 5.71. The summed E-state index contributed by atoms with van der Waals surface area (Å²) in [7, 11) is 0. The van der Waals surface area contributed by atoms with Gasteiger partial charge in [-0.1, -0.05) is 27.7 Å². The van der Waals surface area contributed by atoms with Gasteiger partial charge in [0.2, 0.25) is 17.7 Å². The minimum Gasteiger partial charge on any atom is -0.480 e. The number of aliphatic carboxylic acids is 1. The number of carbonyl (C=O) groups excluding carboxylic acids is 3. The van der Waals surface area contributed by atoms with Crippen LogP contribution in [0.1, 0.15) is 41.5 Å². The van der Waals surface area contributed by atoms with Gasteiger partial charge >= 0.3 is 5.97 Å². The number of nitrogens with two attached hydrogens (primary N) is 1. The Balaban J connectivity index is 5.03. The third-order valence-electron chi connectivity index (χ3n) is 4.07. The molecule has 3 amide bonds. The summed E-state index contributed by atoms with van der Waals surface area (Å²) in [6, 6.07) is -4.34. The van der Waals surface area contributed by atoms with Crippen LogP contribution in [0.3, 0.4) is 0 Å². The fraction of sp³-hybridized carbons (Fsp3) is 0.765. The minimum atomic E-state index is -1.38. The zero-order chi connectivity index (χ0) is 21.5. The quantitative estimate of drug-likeness (QED) is 0.266. The van der Waals surface area contributed by atoms with Crippen molar-refractivity contribution in [2.75, 3.05) is 0 Å². The Morgan fingerprint density at radius 2 is 1.22 bits per heavy atom. The molecule has 156 valence electrons. The summed E-state index contributed by atoms with van der Waals surface area (Å²) in [5.74, 6) is -3.81. The molecule has 0 aromatic rings. The first-order chi connectivity index (χ1) is 12.3. The van der Waals surface area contributed by atoms with Crippen LogP contribution in [0.15, 0.2) is 0 Å². The van der Waals surface area contributed by atoms with Crippen molar-refractivity contribution >= 4 is 23.7 Å². The van der Waals surface area contributed by atoms with Gasteiger partial charge in [-0.05, 0) is 25.7 Å². The van der Waals surface area contributed by atoms with Crippen LogP contribution < -0.4 is 21.7 Å². The molecular formula is C17H32N4O6. The molecule has 27 heavy (non-hydrogen) atoms. The molecule has 0 radical (unpaired) electrons. The fourth-order valence-corrected chi connectivity index (χ4v) is 2.12. The molecular weight excluding hydrogens is 356 g/mol. The van der Waals surface area contributed by atoms with Gasteiger partial charge in [0.05, 0.1) is 12.1 Å². The van der Waals surface area contributed by atoms with Gasteiger partial charge in [0.1, 0.15) is 18.1 Å². The zero-order valence-electron chi connectivity index (χ0n) is 16.6. The van der Waals surface area contributed by atoms with Crippen molar-refractivity contribution in [2.45, 2.75) is 71.8 Å². The topological polar surface area (TPSA) is 171 Å². The summed E-state index contributed by atoms with van der Waals surface area (Å²) in [5, 5.41) is 26.0. The SMILES string of the molecule is CC(NC(=O)C(N)C(C)C)C(=O)NC(C(=O)NC(C(=O)O)C(C)C)C(C)O. The molecule has 0 rings (SSSR count). The highest BCUT2D eigenvalue weighted by molar-refractivity contribution is 5.94. The van der Waals surface area contributed by atoms with E-state index in [1.54, 1.807) is 27.7 Å². The summed E-state index contributed by atoms with van der Waals surface area (Å²) in [6.07, 6.45) is -1.28. The predicted octanol–water partition coefficient (Wildman–Crippen LogP) is -1.43. The number of hydrogen-bond acceptors (Lipinski definition) is 6. The number of hydrogen-bond donors (Lipinski definition) is 6. The highest BCUT2D eigenvalue weighted by Gasteiger charge is 2.32. The molecule has 10 heteroatoms. The van der Waals surface area contributed by atoms with E-state index in [-0.39, 0.29) is 5.92 Å². The largest absolute Gasteiger partial charge is 0.480 e. The number of aliphatic hydroxyl groups is 1. The lowest BCUT2D eigenvalue weighted by Gasteiger charge is -2.26. The van der Waals surface area contributed by atoms with Crippen molar-refractivity contribution in [3.8, 4) is 0 Å². The van der Waals surface area contributed by atoms with Gasteiger partial charge in [-0.25, -0.2) is 4.79 Å². The monoisotopic (exact) mass is 388 g/mol. The molecule has 0 spiro atoms. The van der Waals surface area contributed by atoms with Gasteiger partial charge in [0.25, 0.3) is 0 Å². The highest BCUT2D eigenvalue weighted by atomic mass is 16.4. The van der Waals surface area contributed by atoms with Gasteiger partial charge in [-0.3, -0.25) is 14.4 Å². The standard InChI is InChI=1S/C17H32N4O6/c1-7(2)11(18)15(24)19-9(5)14(23)21-13(10(6)22)16(25)20-12(8(3)4)17(26)27/h7-13,22H,18H2,1-6H3,(H,19,24)(H,20,25)(H,21,23)(H,26,27). The van der Waals surface area contributed by atoms with Crippen LogP contribution in [-0.2, 0) is 19.2 Å². The van der Waals surface area contributed by atoms with Gasteiger partial charge < -0.3 is 31.9 Å². The third kappa shape index (κ3) is 7.92. The van der Waals surface area contributed by atoms with Gasteiger partial charge in [-0.15, -0.1) is 0 Å². The van der Waals surface area contributed by atoms with E-state index in [0.717, 1.165) is 0 Å². The van der Waals surface area contributed by atoms with E-state index in [2.05, 4.69) is 16.0 Å². The molecule has 0 saturated heterocycles. The first-order valence-electron chi connectivity index (χ1n) is 8.87. The molecule has 0 aromatic carbocycles. The molecule has 0 aromatic heterocycles. The van der Waals surface area contributed by atoms with Crippen LogP contribution >= 0.6 is 0 Å². The van der Waals surface area contributed by atoms with Crippen molar-refractivity contribution < 1.29 is 29.4 Å². The molecule has 0 fully saturated rings. The van der Waals surface area contributed by atoms with Crippen molar-refractivity contribution in [1.82, 2.24) is 16.0 Å². The lowest BCUT2D eigenvalue weighted by atomic mass is 10.0. The lowest BCUT2D eigenvalue weighted by molar-refractivity contribution is -0.144. The van der Waals surface area contributed by atoms with Crippen molar-refractivity contribution in [2.24, 2.45) is 17.6 Å². The Morgan fingerprint density at radius 3 is 1.59 bits per heavy atom. The second kappa shape index (κ2) is 10.8. The van der Waals surface area contributed by atoms with E-state index in [0.29, 0.717) is 0 Å². The number of carbonyl (C=O) groups is 4. The molecule has 5 atom stereocenters. The fourth-order valence-electron chi connectivity index (χ4n) is 2.12. The number of carboxylic acids is 1. The van der Waals surface area contributed by atoms with Gasteiger partial charge in [0, 0.05) is 0 Å². The Labute approximate surface area is 159 Å². The normalized spacial score (nSPS) is 16.8. The number of rotatable bonds is 10. The minimum absolute atomic E-state index is 0.125. The first kappa shape index (κ1) is 24.8. The summed E-state index contributed by atoms with van der Waals surface area (Å²) in [6.45, 7) is 9.45. The van der Waals surface area contributed by atoms with Crippen LogP contribution in [-0.4, -0.2) is 64.2 Å². The van der Waals surface area contributed by atoms with Gasteiger partial charge in [0.15, 0.2) is 0 Å². The van der Waals surface area contributed by atoms with E-state index in [1.807, 2.05) is 0 Å². The molecule has 5 unspecified atom stereocenters. The molecule has 0 aliphatic carbocycles. The molecule has 10 nitrogen and oxygen atoms in total. The van der Waals surface area contributed by atoms with E-state index >= 15 is 0 Å². The van der Waals surface area contributed by atoms with Crippen LogP contribution in [0.2, 0.25) is 0 Å². The number of nitrogens with one attached hydrogen (secondary N) is 3. The molecule has 0 aliphatic rings. The van der Waals surface area contributed by atoms with Crippen molar-refractivity contribution in [3.05, 3.63) is 0 Å². The lowest BCUT2D eigenvalue weighted by Crippen LogP contribution is -2.60. The van der Waals surface area contributed by atoms with Crippen LogP contribution in [0.25, 0.3) is 0 Å². The van der Waals surface area contributed by atoms with E-state index in [4.69, 9.17) is 10.8 Å². The molecule has 7 N–H and O–H groups in total. The third-order valence-corrected chi connectivity index (χ3v) is 4.07. The molecule has 0 saturated carbocycles. The summed E-state index contributed by atoms with van der Waals surface area (Å²) >= 11 is 0. The van der Waals surface area contributed by atoms with E-state index in [1.165, 1.54) is 13.8 Å². The Morgan fingerprint density at radius 1 is 0.741 bits per heavy atom. The summed E-state index contributed by atoms with van der Waals surface area (Å²) < 4.78 is 0. The molecule has 0 heterocycles. The number of amides is 3. The van der Waals surface area contributed by atoms with Crippen LogP contribution in [0.4, 0.5) is 0 Å². The molecule has 0 aliphatic heterocycles. The van der Waals surface area contributed by atoms with Gasteiger partial charge in [-0.2, -0.15) is 0 Å². The smallest absolute Gasteiger partial charge is 0.326 e. The average Bonchev–Trinajstić information content (AvgIpc) is 2.54. The Kier molecular flexibility index (Phi) is 9.95. The van der Waals surface area contributed by atoms with Crippen molar-refractivity contribution in [1.29, 1.82) is 0 Å². The second-order valence-corrected chi connectivity index (χ2v) is 7.30. The van der Waals surface area contributed by atoms with Crippen LogP contribution in [0.5, 0.6) is 0 Å². The number of carboxylic acid groups (broad SMARTS) is 1. The van der Waals surface area contributed by atoms with Crippen LogP contribution in [0, 0.1) is 11.8 Å². The average molecular weight is 388 g/mol. The maximum atomic E-state index is 12.3. The number of aliphatic hydroxyl groups excluding tert-OH is 1. The van der Waals surface area contributed by atoms with E-state index < -0.39 is 59.9 Å². The highest BCUT2D eigenvalue weighted by Crippen LogP contribution is 2.04. The summed E-state index contributed by atoms with van der Waals surface area (Å²) in [4.78, 5) is 47.7. The van der Waals surface area contributed by atoms with Crippen molar-refractivity contribution in [3.63, 3.8) is 0 Å². The Hall–Kier alpha value is -2.20. The Bertz CT molecular complexity index is 550. The molecule has 0 bridgehead atoms. The maximum absolute atomic E-state index is 12.3. The van der Waals surface area contributed by atoms with E-state index in [9.17, 15) is 24.3 Å². The maximum Gasteiger partial charge on any atom is 0.326 e. The predicted molar refractivity (Wildman–Crippen MR) is 98.4 cm³/mol.